The van der Waals surface area contributed by atoms with Gasteiger partial charge in [-0.05, 0) is 48.1 Å². The Morgan fingerprint density at radius 3 is 2.57 bits per heavy atom. The molecule has 2 N–H and O–H groups in total. The van der Waals surface area contributed by atoms with Crippen molar-refractivity contribution in [1.82, 2.24) is 5.32 Å². The van der Waals surface area contributed by atoms with Crippen molar-refractivity contribution >= 4 is 28.8 Å². The molecule has 1 aromatic carbocycles. The topological polar surface area (TPSA) is 62.5 Å². The SMILES string of the molecule is O=C(NC[C@@](O)(c1ccoc1)c1cccs1)C1(c2ccc(Cl)cc2)CCCC1. The van der Waals surface area contributed by atoms with Crippen LogP contribution >= 0.6 is 22.9 Å². The molecular weight excluding hydrogens is 394 g/mol. The number of furan rings is 1. The van der Waals surface area contributed by atoms with Crippen LogP contribution in [0, 0.1) is 0 Å². The first-order valence-electron chi connectivity index (χ1n) is 9.38. The molecule has 1 fully saturated rings. The minimum absolute atomic E-state index is 0.0502. The van der Waals surface area contributed by atoms with E-state index in [1.807, 2.05) is 41.8 Å². The van der Waals surface area contributed by atoms with Crippen LogP contribution in [0.5, 0.6) is 0 Å². The summed E-state index contributed by atoms with van der Waals surface area (Å²) < 4.78 is 5.19. The van der Waals surface area contributed by atoms with Gasteiger partial charge in [0.1, 0.15) is 5.60 Å². The molecule has 1 saturated carbocycles. The summed E-state index contributed by atoms with van der Waals surface area (Å²) in [5.74, 6) is -0.0502. The number of rotatable bonds is 6. The molecule has 0 bridgehead atoms. The van der Waals surface area contributed by atoms with Crippen LogP contribution in [0.2, 0.25) is 5.02 Å². The molecule has 2 heterocycles. The number of thiophene rings is 1. The second-order valence-electron chi connectivity index (χ2n) is 7.33. The Kier molecular flexibility index (Phi) is 5.32. The summed E-state index contributed by atoms with van der Waals surface area (Å²) in [6, 6.07) is 13.0. The van der Waals surface area contributed by atoms with E-state index < -0.39 is 11.0 Å². The van der Waals surface area contributed by atoms with Crippen molar-refractivity contribution in [3.8, 4) is 0 Å². The zero-order valence-electron chi connectivity index (χ0n) is 15.4. The number of hydrogen-bond acceptors (Lipinski definition) is 4. The highest BCUT2D eigenvalue weighted by Crippen LogP contribution is 2.42. The first kappa shape index (κ1) is 19.2. The van der Waals surface area contributed by atoms with Crippen molar-refractivity contribution in [2.75, 3.05) is 6.54 Å². The maximum absolute atomic E-state index is 13.4. The molecule has 1 aliphatic rings. The Morgan fingerprint density at radius 1 is 1.21 bits per heavy atom. The monoisotopic (exact) mass is 415 g/mol. The van der Waals surface area contributed by atoms with Gasteiger partial charge < -0.3 is 14.8 Å². The van der Waals surface area contributed by atoms with Gasteiger partial charge in [0.25, 0.3) is 0 Å². The van der Waals surface area contributed by atoms with Crippen LogP contribution in [0.15, 0.2) is 64.8 Å². The van der Waals surface area contributed by atoms with Gasteiger partial charge in [0.15, 0.2) is 0 Å². The molecule has 0 radical (unpaired) electrons. The van der Waals surface area contributed by atoms with E-state index in [2.05, 4.69) is 5.32 Å². The van der Waals surface area contributed by atoms with E-state index in [0.717, 1.165) is 36.1 Å². The van der Waals surface area contributed by atoms with E-state index in [9.17, 15) is 9.90 Å². The molecule has 4 nitrogen and oxygen atoms in total. The number of carbonyl (C=O) groups excluding carboxylic acids is 1. The molecular formula is C22H22ClNO3S. The normalized spacial score (nSPS) is 17.9. The molecule has 0 aliphatic heterocycles. The second kappa shape index (κ2) is 7.74. The quantitative estimate of drug-likeness (QED) is 0.604. The molecule has 146 valence electrons. The third-order valence-corrected chi connectivity index (χ3v) is 6.99. The number of carbonyl (C=O) groups is 1. The van der Waals surface area contributed by atoms with E-state index in [1.54, 1.807) is 6.07 Å². The van der Waals surface area contributed by atoms with Crippen LogP contribution in [0.4, 0.5) is 0 Å². The number of amides is 1. The predicted molar refractivity (Wildman–Crippen MR) is 111 cm³/mol. The van der Waals surface area contributed by atoms with Crippen molar-refractivity contribution in [3.05, 3.63) is 81.4 Å². The minimum atomic E-state index is -1.32. The van der Waals surface area contributed by atoms with Gasteiger partial charge in [-0.1, -0.05) is 42.6 Å². The summed E-state index contributed by atoms with van der Waals surface area (Å²) >= 11 is 7.49. The summed E-state index contributed by atoms with van der Waals surface area (Å²) in [6.45, 7) is 0.0845. The fourth-order valence-electron chi connectivity index (χ4n) is 4.12. The zero-order chi connectivity index (χ0) is 19.6. The van der Waals surface area contributed by atoms with Crippen molar-refractivity contribution in [2.45, 2.75) is 36.7 Å². The Balaban J connectivity index is 1.60. The van der Waals surface area contributed by atoms with Crippen molar-refractivity contribution in [1.29, 1.82) is 0 Å². The second-order valence-corrected chi connectivity index (χ2v) is 8.71. The van der Waals surface area contributed by atoms with Gasteiger partial charge in [0.05, 0.1) is 24.5 Å². The lowest BCUT2D eigenvalue weighted by molar-refractivity contribution is -0.127. The Bertz CT molecular complexity index is 879. The van der Waals surface area contributed by atoms with Crippen LogP contribution in [0.25, 0.3) is 0 Å². The lowest BCUT2D eigenvalue weighted by Gasteiger charge is -2.32. The van der Waals surface area contributed by atoms with E-state index in [1.165, 1.54) is 23.9 Å². The first-order chi connectivity index (χ1) is 13.5. The highest BCUT2D eigenvalue weighted by molar-refractivity contribution is 7.10. The summed E-state index contributed by atoms with van der Waals surface area (Å²) in [6.07, 6.45) is 6.66. The number of aliphatic hydroxyl groups is 1. The molecule has 1 amide bonds. The van der Waals surface area contributed by atoms with Crippen LogP contribution in [-0.2, 0) is 15.8 Å². The molecule has 1 atom stereocenters. The smallest absolute Gasteiger partial charge is 0.230 e. The van der Waals surface area contributed by atoms with Gasteiger partial charge >= 0.3 is 0 Å². The Morgan fingerprint density at radius 2 is 1.96 bits per heavy atom. The third kappa shape index (κ3) is 3.39. The van der Waals surface area contributed by atoms with Crippen LogP contribution in [0.1, 0.15) is 41.7 Å². The minimum Gasteiger partial charge on any atom is -0.472 e. The largest absolute Gasteiger partial charge is 0.472 e. The molecule has 1 aliphatic carbocycles. The van der Waals surface area contributed by atoms with Crippen LogP contribution in [0.3, 0.4) is 0 Å². The average molecular weight is 416 g/mol. The molecule has 28 heavy (non-hydrogen) atoms. The number of halogens is 1. The van der Waals surface area contributed by atoms with Gasteiger partial charge in [-0.15, -0.1) is 11.3 Å². The van der Waals surface area contributed by atoms with Gasteiger partial charge in [-0.2, -0.15) is 0 Å². The molecule has 2 aromatic heterocycles. The summed E-state index contributed by atoms with van der Waals surface area (Å²) in [7, 11) is 0. The lowest BCUT2D eigenvalue weighted by Crippen LogP contribution is -2.48. The number of benzene rings is 1. The molecule has 6 heteroatoms. The Labute approximate surface area is 173 Å². The molecule has 3 aromatic rings. The van der Waals surface area contributed by atoms with E-state index in [4.69, 9.17) is 16.0 Å². The predicted octanol–water partition coefficient (Wildman–Crippen LogP) is 4.86. The number of hydrogen-bond donors (Lipinski definition) is 2. The van der Waals surface area contributed by atoms with E-state index in [-0.39, 0.29) is 12.5 Å². The van der Waals surface area contributed by atoms with E-state index in [0.29, 0.717) is 10.6 Å². The van der Waals surface area contributed by atoms with Crippen molar-refractivity contribution in [2.24, 2.45) is 0 Å². The van der Waals surface area contributed by atoms with Gasteiger partial charge in [0.2, 0.25) is 5.91 Å². The van der Waals surface area contributed by atoms with Crippen LogP contribution < -0.4 is 5.32 Å². The van der Waals surface area contributed by atoms with Crippen molar-refractivity contribution < 1.29 is 14.3 Å². The standard InChI is InChI=1S/C22H22ClNO3S/c23-18-7-5-16(6-8-18)21(10-1-2-11-21)20(25)24-15-22(26,17-9-12-27-14-17)19-4-3-13-28-19/h3-9,12-14,26H,1-2,10-11,15H2,(H,24,25)/t22-/m1/s1. The maximum Gasteiger partial charge on any atom is 0.230 e. The summed E-state index contributed by atoms with van der Waals surface area (Å²) in [4.78, 5) is 14.1. The lowest BCUT2D eigenvalue weighted by atomic mass is 9.77. The Hall–Kier alpha value is -2.08. The molecule has 4 rings (SSSR count). The molecule has 0 spiro atoms. The van der Waals surface area contributed by atoms with Gasteiger partial charge in [-0.25, -0.2) is 0 Å². The van der Waals surface area contributed by atoms with E-state index >= 15 is 0 Å². The average Bonchev–Trinajstić information content (AvgIpc) is 3.48. The van der Waals surface area contributed by atoms with Crippen LogP contribution in [-0.4, -0.2) is 17.6 Å². The van der Waals surface area contributed by atoms with Gasteiger partial charge in [0, 0.05) is 15.5 Å². The first-order valence-corrected chi connectivity index (χ1v) is 10.6. The fourth-order valence-corrected chi connectivity index (χ4v) is 5.09. The number of nitrogens with one attached hydrogen (secondary N) is 1. The molecule has 0 saturated heterocycles. The summed E-state index contributed by atoms with van der Waals surface area (Å²) in [5.41, 5.74) is -0.286. The van der Waals surface area contributed by atoms with Gasteiger partial charge in [-0.3, -0.25) is 4.79 Å². The highest BCUT2D eigenvalue weighted by atomic mass is 35.5. The summed E-state index contributed by atoms with van der Waals surface area (Å²) in [5, 5.41) is 17.0. The molecule has 0 unspecified atom stereocenters. The highest BCUT2D eigenvalue weighted by Gasteiger charge is 2.44. The zero-order valence-corrected chi connectivity index (χ0v) is 16.9. The third-order valence-electron chi connectivity index (χ3n) is 5.72. The van der Waals surface area contributed by atoms with Crippen molar-refractivity contribution in [3.63, 3.8) is 0 Å². The fraction of sp³-hybridized carbons (Fsp3) is 0.318. The maximum atomic E-state index is 13.4.